The van der Waals surface area contributed by atoms with E-state index in [9.17, 15) is 9.59 Å². The van der Waals surface area contributed by atoms with Gasteiger partial charge in [-0.05, 0) is 32.1 Å². The van der Waals surface area contributed by atoms with Gasteiger partial charge in [0.15, 0.2) is 5.69 Å². The molecule has 2 atom stereocenters. The number of carboxylic acid groups (broad SMARTS) is 1. The van der Waals surface area contributed by atoms with Crippen LogP contribution in [0.2, 0.25) is 0 Å². The first-order chi connectivity index (χ1) is 9.63. The number of aromatic nitrogens is 1. The predicted octanol–water partition coefficient (Wildman–Crippen LogP) is 1.93. The van der Waals surface area contributed by atoms with E-state index >= 15 is 0 Å². The molecule has 2 unspecified atom stereocenters. The molecule has 1 amide bonds. The molecule has 1 aromatic heterocycles. The second-order valence-electron chi connectivity index (χ2n) is 5.76. The summed E-state index contributed by atoms with van der Waals surface area (Å²) in [5.41, 5.74) is 0.296. The van der Waals surface area contributed by atoms with Crippen LogP contribution in [-0.4, -0.2) is 28.2 Å². The highest BCUT2D eigenvalue weighted by Gasteiger charge is 2.31. The maximum Gasteiger partial charge on any atom is 0.306 e. The Kier molecular flexibility index (Phi) is 3.46. The molecule has 6 heteroatoms. The van der Waals surface area contributed by atoms with E-state index in [4.69, 9.17) is 9.63 Å². The van der Waals surface area contributed by atoms with Crippen molar-refractivity contribution < 1.29 is 19.2 Å². The largest absolute Gasteiger partial charge is 0.481 e. The lowest BCUT2D eigenvalue weighted by Gasteiger charge is -2.26. The summed E-state index contributed by atoms with van der Waals surface area (Å²) in [5.74, 6) is -0.191. The lowest BCUT2D eigenvalue weighted by Crippen LogP contribution is -2.40. The number of carbonyl (C=O) groups excluding carboxylic acids is 1. The Morgan fingerprint density at radius 1 is 1.30 bits per heavy atom. The summed E-state index contributed by atoms with van der Waals surface area (Å²) in [6.07, 6.45) is 5.03. The number of hydrogen-bond acceptors (Lipinski definition) is 4. The molecule has 1 aromatic rings. The van der Waals surface area contributed by atoms with Crippen LogP contribution < -0.4 is 5.32 Å². The van der Waals surface area contributed by atoms with Gasteiger partial charge in [0.05, 0.1) is 5.92 Å². The van der Waals surface area contributed by atoms with Gasteiger partial charge in [-0.15, -0.1) is 0 Å². The van der Waals surface area contributed by atoms with E-state index in [-0.39, 0.29) is 17.9 Å². The zero-order chi connectivity index (χ0) is 14.1. The maximum absolute atomic E-state index is 12.1. The summed E-state index contributed by atoms with van der Waals surface area (Å²) in [7, 11) is 0. The van der Waals surface area contributed by atoms with Crippen LogP contribution in [0.15, 0.2) is 10.6 Å². The Morgan fingerprint density at radius 3 is 2.80 bits per heavy atom. The van der Waals surface area contributed by atoms with Crippen LogP contribution in [0.3, 0.4) is 0 Å². The molecule has 0 aliphatic heterocycles. The SMILES string of the molecule is O=C(NC1CCCC(C(=O)O)C1)c1cc(C2CC2)on1. The summed E-state index contributed by atoms with van der Waals surface area (Å²) >= 11 is 0. The molecule has 0 aromatic carbocycles. The Balaban J connectivity index is 1.58. The molecule has 0 bridgehead atoms. The molecule has 2 fully saturated rings. The van der Waals surface area contributed by atoms with Gasteiger partial charge in [0.1, 0.15) is 5.76 Å². The van der Waals surface area contributed by atoms with Gasteiger partial charge >= 0.3 is 5.97 Å². The van der Waals surface area contributed by atoms with Crippen LogP contribution in [0.25, 0.3) is 0 Å². The molecule has 0 spiro atoms. The van der Waals surface area contributed by atoms with Gasteiger partial charge < -0.3 is 14.9 Å². The highest BCUT2D eigenvalue weighted by Crippen LogP contribution is 2.40. The number of aliphatic carboxylic acids is 1. The van der Waals surface area contributed by atoms with Crippen molar-refractivity contribution in [2.75, 3.05) is 0 Å². The topological polar surface area (TPSA) is 92.4 Å². The molecule has 0 saturated heterocycles. The summed E-state index contributed by atoms with van der Waals surface area (Å²) in [6, 6.07) is 1.61. The monoisotopic (exact) mass is 278 g/mol. The van der Waals surface area contributed by atoms with E-state index in [0.29, 0.717) is 24.5 Å². The lowest BCUT2D eigenvalue weighted by molar-refractivity contribution is -0.143. The Morgan fingerprint density at radius 2 is 2.10 bits per heavy atom. The second-order valence-corrected chi connectivity index (χ2v) is 5.76. The fourth-order valence-electron chi connectivity index (χ4n) is 2.76. The number of hydrogen-bond donors (Lipinski definition) is 2. The van der Waals surface area contributed by atoms with Crippen LogP contribution in [0.4, 0.5) is 0 Å². The van der Waals surface area contributed by atoms with Gasteiger partial charge in [-0.1, -0.05) is 11.6 Å². The Bertz CT molecular complexity index is 521. The zero-order valence-electron chi connectivity index (χ0n) is 11.2. The zero-order valence-corrected chi connectivity index (χ0v) is 11.2. The number of carboxylic acids is 1. The molecule has 2 aliphatic rings. The Labute approximate surface area is 116 Å². The molecule has 2 saturated carbocycles. The first-order valence-corrected chi connectivity index (χ1v) is 7.14. The lowest BCUT2D eigenvalue weighted by atomic mass is 9.86. The molecule has 3 rings (SSSR count). The number of rotatable bonds is 4. The highest BCUT2D eigenvalue weighted by molar-refractivity contribution is 5.92. The van der Waals surface area contributed by atoms with Gasteiger partial charge in [-0.25, -0.2) is 0 Å². The van der Waals surface area contributed by atoms with Crippen LogP contribution in [0.5, 0.6) is 0 Å². The summed E-state index contributed by atoms with van der Waals surface area (Å²) in [5, 5.41) is 15.7. The normalized spacial score (nSPS) is 26.2. The predicted molar refractivity (Wildman–Crippen MR) is 69.3 cm³/mol. The van der Waals surface area contributed by atoms with Gasteiger partial charge in [-0.3, -0.25) is 9.59 Å². The summed E-state index contributed by atoms with van der Waals surface area (Å²) < 4.78 is 5.15. The van der Waals surface area contributed by atoms with Crippen molar-refractivity contribution in [2.45, 2.75) is 50.5 Å². The molecule has 108 valence electrons. The van der Waals surface area contributed by atoms with E-state index < -0.39 is 5.97 Å². The van der Waals surface area contributed by atoms with E-state index in [1.165, 1.54) is 0 Å². The number of nitrogens with one attached hydrogen (secondary N) is 1. The molecule has 6 nitrogen and oxygen atoms in total. The van der Waals surface area contributed by atoms with Crippen molar-refractivity contribution in [1.82, 2.24) is 10.5 Å². The smallest absolute Gasteiger partial charge is 0.306 e. The van der Waals surface area contributed by atoms with Crippen molar-refractivity contribution in [3.63, 3.8) is 0 Å². The quantitative estimate of drug-likeness (QED) is 0.877. The molecule has 2 N–H and O–H groups in total. The standard InChI is InChI=1S/C14H18N2O4/c17-13(11-7-12(20-16-11)8-4-5-8)15-10-3-1-2-9(6-10)14(18)19/h7-10H,1-6H2,(H,15,17)(H,18,19). The van der Waals surface area contributed by atoms with E-state index in [2.05, 4.69) is 10.5 Å². The Hall–Kier alpha value is -1.85. The van der Waals surface area contributed by atoms with Gasteiger partial charge in [0, 0.05) is 18.0 Å². The van der Waals surface area contributed by atoms with Crippen molar-refractivity contribution in [2.24, 2.45) is 5.92 Å². The van der Waals surface area contributed by atoms with Crippen molar-refractivity contribution in [3.8, 4) is 0 Å². The highest BCUT2D eigenvalue weighted by atomic mass is 16.5. The number of nitrogens with zero attached hydrogens (tertiary/aromatic N) is 1. The van der Waals surface area contributed by atoms with Gasteiger partial charge in [0.25, 0.3) is 5.91 Å². The van der Waals surface area contributed by atoms with Crippen LogP contribution in [-0.2, 0) is 4.79 Å². The van der Waals surface area contributed by atoms with Crippen molar-refractivity contribution >= 4 is 11.9 Å². The molecule has 1 heterocycles. The third-order valence-electron chi connectivity index (χ3n) is 4.10. The number of amides is 1. The minimum atomic E-state index is -0.776. The molecule has 2 aliphatic carbocycles. The summed E-state index contributed by atoms with van der Waals surface area (Å²) in [6.45, 7) is 0. The van der Waals surface area contributed by atoms with Crippen LogP contribution in [0, 0.1) is 5.92 Å². The summed E-state index contributed by atoms with van der Waals surface area (Å²) in [4.78, 5) is 23.1. The third-order valence-corrected chi connectivity index (χ3v) is 4.10. The minimum Gasteiger partial charge on any atom is -0.481 e. The average molecular weight is 278 g/mol. The first kappa shape index (κ1) is 13.1. The van der Waals surface area contributed by atoms with Crippen molar-refractivity contribution in [3.05, 3.63) is 17.5 Å². The van der Waals surface area contributed by atoms with E-state index in [0.717, 1.165) is 31.4 Å². The third kappa shape index (κ3) is 2.84. The molecular formula is C14H18N2O4. The molecular weight excluding hydrogens is 260 g/mol. The molecule has 0 radical (unpaired) electrons. The second kappa shape index (κ2) is 5.26. The fraction of sp³-hybridized carbons (Fsp3) is 0.643. The van der Waals surface area contributed by atoms with E-state index in [1.807, 2.05) is 0 Å². The average Bonchev–Trinajstić information content (AvgIpc) is 3.16. The van der Waals surface area contributed by atoms with Crippen LogP contribution in [0.1, 0.15) is 60.7 Å². The van der Waals surface area contributed by atoms with Gasteiger partial charge in [0.2, 0.25) is 0 Å². The van der Waals surface area contributed by atoms with Crippen molar-refractivity contribution in [1.29, 1.82) is 0 Å². The maximum atomic E-state index is 12.1. The van der Waals surface area contributed by atoms with Gasteiger partial charge in [-0.2, -0.15) is 0 Å². The van der Waals surface area contributed by atoms with Crippen LogP contribution >= 0.6 is 0 Å². The number of carbonyl (C=O) groups is 2. The first-order valence-electron chi connectivity index (χ1n) is 7.14. The fourth-order valence-corrected chi connectivity index (χ4v) is 2.76. The van der Waals surface area contributed by atoms with E-state index in [1.54, 1.807) is 6.07 Å². The minimum absolute atomic E-state index is 0.0848. The molecule has 20 heavy (non-hydrogen) atoms.